The maximum Gasteiger partial charge on any atom is 0.324 e. The smallest absolute Gasteiger partial charge is 0.324 e. The lowest BCUT2D eigenvalue weighted by molar-refractivity contribution is -0.139. The Labute approximate surface area is 103 Å². The minimum absolute atomic E-state index is 0.0428. The van der Waals surface area contributed by atoms with Crippen LogP contribution >= 0.6 is 11.8 Å². The van der Waals surface area contributed by atoms with Gasteiger partial charge < -0.3 is 9.84 Å². The van der Waals surface area contributed by atoms with E-state index < -0.39 is 10.8 Å². The van der Waals surface area contributed by atoms with Crippen LogP contribution in [0, 0.1) is 0 Å². The highest BCUT2D eigenvalue weighted by atomic mass is 32.2. The Hall–Kier alpha value is -1.04. The third kappa shape index (κ3) is 1.66. The van der Waals surface area contributed by atoms with E-state index in [1.54, 1.807) is 11.8 Å². The van der Waals surface area contributed by atoms with Crippen molar-refractivity contribution < 1.29 is 14.6 Å². The van der Waals surface area contributed by atoms with Crippen molar-refractivity contribution in [2.75, 3.05) is 13.2 Å². The van der Waals surface area contributed by atoms with Crippen LogP contribution in [0.4, 0.5) is 0 Å². The van der Waals surface area contributed by atoms with Crippen molar-refractivity contribution >= 4 is 17.7 Å². The van der Waals surface area contributed by atoms with E-state index in [1.165, 1.54) is 0 Å². The van der Waals surface area contributed by atoms with Gasteiger partial charge in [-0.15, -0.1) is 11.8 Å². The van der Waals surface area contributed by atoms with Crippen LogP contribution in [0.3, 0.4) is 0 Å². The lowest BCUT2D eigenvalue weighted by atomic mass is 10.0. The normalized spacial score (nSPS) is 35.7. The molecule has 0 aliphatic carbocycles. The van der Waals surface area contributed by atoms with Crippen molar-refractivity contribution in [1.82, 2.24) is 5.32 Å². The molecular formula is C12H13NO3S. The van der Waals surface area contributed by atoms with Gasteiger partial charge in [-0.1, -0.05) is 30.3 Å². The molecule has 5 heteroatoms. The van der Waals surface area contributed by atoms with Gasteiger partial charge in [0, 0.05) is 0 Å². The Morgan fingerprint density at radius 2 is 2.24 bits per heavy atom. The Kier molecular flexibility index (Phi) is 2.61. The van der Waals surface area contributed by atoms with Gasteiger partial charge in [0.2, 0.25) is 0 Å². The number of ether oxygens (including phenoxy) is 1. The van der Waals surface area contributed by atoms with Gasteiger partial charge in [0.1, 0.15) is 17.4 Å². The standard InChI is InChI=1S/C12H13NO3S/c14-6-12-7-16-11(15)9(12)13-10(17-12)8-4-2-1-3-5-8/h1-5,9-10,13-14H,6-7H2. The maximum atomic E-state index is 11.6. The monoisotopic (exact) mass is 251 g/mol. The first-order valence-corrected chi connectivity index (χ1v) is 6.39. The molecule has 0 amide bonds. The second kappa shape index (κ2) is 4.01. The molecule has 2 heterocycles. The number of cyclic esters (lactones) is 1. The first kappa shape index (κ1) is 11.1. The third-order valence-corrected chi connectivity index (χ3v) is 4.86. The first-order valence-electron chi connectivity index (χ1n) is 5.51. The molecule has 17 heavy (non-hydrogen) atoms. The Balaban J connectivity index is 1.88. The molecular weight excluding hydrogens is 238 g/mol. The fraction of sp³-hybridized carbons (Fsp3) is 0.417. The molecule has 0 saturated carbocycles. The average molecular weight is 251 g/mol. The minimum Gasteiger partial charge on any atom is -0.463 e. The molecule has 2 aliphatic rings. The Morgan fingerprint density at radius 1 is 1.47 bits per heavy atom. The van der Waals surface area contributed by atoms with Crippen LogP contribution in [0.1, 0.15) is 10.9 Å². The van der Waals surface area contributed by atoms with Gasteiger partial charge in [-0.05, 0) is 5.56 Å². The highest BCUT2D eigenvalue weighted by Crippen LogP contribution is 2.48. The van der Waals surface area contributed by atoms with E-state index in [9.17, 15) is 9.90 Å². The van der Waals surface area contributed by atoms with Crippen LogP contribution < -0.4 is 5.32 Å². The molecule has 3 atom stereocenters. The van der Waals surface area contributed by atoms with Crippen molar-refractivity contribution in [3.8, 4) is 0 Å². The number of carbonyl (C=O) groups excluding carboxylic acids is 1. The lowest BCUT2D eigenvalue weighted by Gasteiger charge is -2.20. The van der Waals surface area contributed by atoms with Gasteiger partial charge in [0.05, 0.1) is 12.0 Å². The number of thioether (sulfide) groups is 1. The Morgan fingerprint density at radius 3 is 2.88 bits per heavy atom. The predicted octanol–water partition coefficient (Wildman–Crippen LogP) is 0.678. The number of aliphatic hydroxyl groups is 1. The summed E-state index contributed by atoms with van der Waals surface area (Å²) in [6.07, 6.45) is 0. The van der Waals surface area contributed by atoms with Crippen LogP contribution in [0.5, 0.6) is 0 Å². The van der Waals surface area contributed by atoms with E-state index in [-0.39, 0.29) is 24.6 Å². The summed E-state index contributed by atoms with van der Waals surface area (Å²) in [6, 6.07) is 9.53. The highest BCUT2D eigenvalue weighted by Gasteiger charge is 2.57. The summed E-state index contributed by atoms with van der Waals surface area (Å²) in [5.74, 6) is -0.259. The number of esters is 1. The predicted molar refractivity (Wildman–Crippen MR) is 64.5 cm³/mol. The summed E-state index contributed by atoms with van der Waals surface area (Å²) in [5, 5.41) is 12.8. The summed E-state index contributed by atoms with van der Waals surface area (Å²) in [5.41, 5.74) is 1.12. The molecule has 90 valence electrons. The van der Waals surface area contributed by atoms with E-state index in [0.717, 1.165) is 5.56 Å². The highest BCUT2D eigenvalue weighted by molar-refractivity contribution is 8.01. The second-order valence-corrected chi connectivity index (χ2v) is 5.86. The van der Waals surface area contributed by atoms with Crippen LogP contribution in [0.2, 0.25) is 0 Å². The number of benzene rings is 1. The zero-order valence-corrected chi connectivity index (χ0v) is 9.94. The largest absolute Gasteiger partial charge is 0.463 e. The van der Waals surface area contributed by atoms with E-state index in [2.05, 4.69) is 5.32 Å². The molecule has 2 N–H and O–H groups in total. The van der Waals surface area contributed by atoms with Crippen molar-refractivity contribution in [2.24, 2.45) is 0 Å². The third-order valence-electron chi connectivity index (χ3n) is 3.26. The zero-order valence-electron chi connectivity index (χ0n) is 9.13. The summed E-state index contributed by atoms with van der Waals surface area (Å²) in [7, 11) is 0. The molecule has 3 unspecified atom stereocenters. The van der Waals surface area contributed by atoms with Gasteiger partial charge in [-0.25, -0.2) is 0 Å². The summed E-state index contributed by atoms with van der Waals surface area (Å²) >= 11 is 1.58. The molecule has 2 fully saturated rings. The fourth-order valence-corrected chi connectivity index (χ4v) is 3.75. The van der Waals surface area contributed by atoms with Crippen molar-refractivity contribution in [3.63, 3.8) is 0 Å². The van der Waals surface area contributed by atoms with E-state index in [1.807, 2.05) is 30.3 Å². The zero-order chi connectivity index (χ0) is 11.9. The van der Waals surface area contributed by atoms with E-state index in [4.69, 9.17) is 4.74 Å². The van der Waals surface area contributed by atoms with Gasteiger partial charge in [0.25, 0.3) is 0 Å². The van der Waals surface area contributed by atoms with Crippen LogP contribution in [0.25, 0.3) is 0 Å². The van der Waals surface area contributed by atoms with Gasteiger partial charge in [-0.3, -0.25) is 10.1 Å². The molecule has 3 rings (SSSR count). The van der Waals surface area contributed by atoms with E-state index >= 15 is 0 Å². The number of nitrogens with one attached hydrogen (secondary N) is 1. The number of carbonyl (C=O) groups is 1. The molecule has 2 aliphatic heterocycles. The maximum absolute atomic E-state index is 11.6. The number of aliphatic hydroxyl groups excluding tert-OH is 1. The molecule has 4 nitrogen and oxygen atoms in total. The van der Waals surface area contributed by atoms with E-state index in [0.29, 0.717) is 0 Å². The average Bonchev–Trinajstić information content (AvgIpc) is 2.89. The number of rotatable bonds is 2. The number of hydrogen-bond acceptors (Lipinski definition) is 5. The second-order valence-electron chi connectivity index (χ2n) is 4.34. The quantitative estimate of drug-likeness (QED) is 0.757. The Bertz CT molecular complexity index is 439. The molecule has 0 spiro atoms. The van der Waals surface area contributed by atoms with Gasteiger partial charge in [0.15, 0.2) is 0 Å². The molecule has 1 aromatic carbocycles. The summed E-state index contributed by atoms with van der Waals surface area (Å²) in [4.78, 5) is 11.6. The molecule has 0 aromatic heterocycles. The number of hydrogen-bond donors (Lipinski definition) is 2. The van der Waals surface area contributed by atoms with Crippen LogP contribution in [-0.4, -0.2) is 35.1 Å². The SMILES string of the molecule is O=C1OCC2(CO)SC(c3ccccc3)NC12. The van der Waals surface area contributed by atoms with Crippen LogP contribution in [-0.2, 0) is 9.53 Å². The molecule has 0 bridgehead atoms. The van der Waals surface area contributed by atoms with Crippen molar-refractivity contribution in [2.45, 2.75) is 16.2 Å². The number of fused-ring (bicyclic) bond motifs is 1. The molecule has 2 saturated heterocycles. The minimum atomic E-state index is -0.516. The first-order chi connectivity index (χ1) is 8.25. The van der Waals surface area contributed by atoms with Gasteiger partial charge >= 0.3 is 5.97 Å². The topological polar surface area (TPSA) is 58.6 Å². The molecule has 1 aromatic rings. The van der Waals surface area contributed by atoms with Crippen molar-refractivity contribution in [1.29, 1.82) is 0 Å². The van der Waals surface area contributed by atoms with Crippen LogP contribution in [0.15, 0.2) is 30.3 Å². The molecule has 0 radical (unpaired) electrons. The lowest BCUT2D eigenvalue weighted by Crippen LogP contribution is -2.44. The van der Waals surface area contributed by atoms with Crippen molar-refractivity contribution in [3.05, 3.63) is 35.9 Å². The summed E-state index contributed by atoms with van der Waals surface area (Å²) < 4.78 is 4.50. The van der Waals surface area contributed by atoms with Gasteiger partial charge in [-0.2, -0.15) is 0 Å². The summed E-state index contributed by atoms with van der Waals surface area (Å²) in [6.45, 7) is 0.235. The fourth-order valence-electron chi connectivity index (χ4n) is 2.28.